The third-order valence-electron chi connectivity index (χ3n) is 3.10. The Bertz CT molecular complexity index is 489. The Kier molecular flexibility index (Phi) is 3.39. The van der Waals surface area contributed by atoms with Crippen LogP contribution in [0.1, 0.15) is 37.4 Å². The first kappa shape index (κ1) is 12.4. The molecule has 0 amide bonds. The molecule has 17 heavy (non-hydrogen) atoms. The summed E-state index contributed by atoms with van der Waals surface area (Å²) in [4.78, 5) is 7.72. The average molecular weight is 259 g/mol. The van der Waals surface area contributed by atoms with Crippen molar-refractivity contribution in [1.29, 1.82) is 0 Å². The fourth-order valence-electron chi connectivity index (χ4n) is 2.30. The molecule has 1 heterocycles. The summed E-state index contributed by atoms with van der Waals surface area (Å²) in [6.45, 7) is 0. The van der Waals surface area contributed by atoms with E-state index in [2.05, 4.69) is 9.97 Å². The molecule has 1 saturated carbocycles. The smallest absolute Gasteiger partial charge is 0.212 e. The summed E-state index contributed by atoms with van der Waals surface area (Å²) in [7, 11) is -3.61. The van der Waals surface area contributed by atoms with Crippen LogP contribution in [-0.2, 0) is 10.0 Å². The van der Waals surface area contributed by atoms with Gasteiger partial charge in [-0.1, -0.05) is 12.8 Å². The van der Waals surface area contributed by atoms with Crippen molar-refractivity contribution in [1.82, 2.24) is 9.97 Å². The highest BCUT2D eigenvalue weighted by atomic mass is 32.2. The zero-order chi connectivity index (χ0) is 12.5. The van der Waals surface area contributed by atoms with E-state index in [9.17, 15) is 12.8 Å². The molecule has 0 saturated heterocycles. The number of aromatic nitrogens is 2. The molecule has 2 atom stereocenters. The van der Waals surface area contributed by atoms with Gasteiger partial charge in [-0.05, 0) is 12.8 Å². The summed E-state index contributed by atoms with van der Waals surface area (Å²) in [6, 6.07) is 0. The van der Waals surface area contributed by atoms with Crippen LogP contribution in [0.15, 0.2) is 12.4 Å². The lowest BCUT2D eigenvalue weighted by Gasteiger charge is -2.28. The summed E-state index contributed by atoms with van der Waals surface area (Å²) < 4.78 is 35.7. The molecular formula is C10H14FN3O2S. The monoisotopic (exact) mass is 259 g/mol. The molecule has 0 bridgehead atoms. The van der Waals surface area contributed by atoms with Gasteiger partial charge >= 0.3 is 0 Å². The van der Waals surface area contributed by atoms with E-state index in [4.69, 9.17) is 5.14 Å². The number of nitrogens with zero attached hydrogens (tertiary/aromatic N) is 2. The maximum absolute atomic E-state index is 12.7. The van der Waals surface area contributed by atoms with Gasteiger partial charge in [-0.3, -0.25) is 0 Å². The summed E-state index contributed by atoms with van der Waals surface area (Å²) in [5, 5.41) is 4.56. The van der Waals surface area contributed by atoms with Gasteiger partial charge in [0, 0.05) is 5.92 Å². The number of sulfonamides is 1. The van der Waals surface area contributed by atoms with Gasteiger partial charge < -0.3 is 0 Å². The van der Waals surface area contributed by atoms with Crippen LogP contribution in [0, 0.1) is 5.82 Å². The van der Waals surface area contributed by atoms with Crippen LogP contribution in [0.4, 0.5) is 4.39 Å². The molecule has 0 aliphatic heterocycles. The third-order valence-corrected chi connectivity index (χ3v) is 4.50. The molecule has 0 aromatic carbocycles. The van der Waals surface area contributed by atoms with E-state index in [1.165, 1.54) is 0 Å². The highest BCUT2D eigenvalue weighted by molar-refractivity contribution is 7.89. The Morgan fingerprint density at radius 2 is 1.82 bits per heavy atom. The number of hydrogen-bond donors (Lipinski definition) is 1. The summed E-state index contributed by atoms with van der Waals surface area (Å²) in [5.41, 5.74) is 0. The Hall–Kier alpha value is -1.08. The first-order valence-electron chi connectivity index (χ1n) is 5.47. The van der Waals surface area contributed by atoms with Gasteiger partial charge in [0.25, 0.3) is 0 Å². The lowest BCUT2D eigenvalue weighted by molar-refractivity contribution is 0.419. The van der Waals surface area contributed by atoms with Crippen molar-refractivity contribution in [3.8, 4) is 0 Å². The first-order chi connectivity index (χ1) is 7.98. The Labute approximate surface area is 99.3 Å². The largest absolute Gasteiger partial charge is 0.238 e. The molecule has 5 nitrogen and oxygen atoms in total. The van der Waals surface area contributed by atoms with Crippen LogP contribution >= 0.6 is 0 Å². The predicted molar refractivity (Wildman–Crippen MR) is 60.1 cm³/mol. The molecule has 1 fully saturated rings. The fraction of sp³-hybridized carbons (Fsp3) is 0.600. The zero-order valence-corrected chi connectivity index (χ0v) is 10.0. The number of halogens is 1. The summed E-state index contributed by atoms with van der Waals surface area (Å²) >= 11 is 0. The first-order valence-corrected chi connectivity index (χ1v) is 7.08. The Morgan fingerprint density at radius 3 is 2.41 bits per heavy atom. The number of hydrogen-bond acceptors (Lipinski definition) is 4. The van der Waals surface area contributed by atoms with Crippen molar-refractivity contribution < 1.29 is 12.8 Å². The molecule has 0 unspecified atom stereocenters. The van der Waals surface area contributed by atoms with Crippen molar-refractivity contribution >= 4 is 10.0 Å². The van der Waals surface area contributed by atoms with Gasteiger partial charge in [0.1, 0.15) is 5.82 Å². The van der Waals surface area contributed by atoms with Crippen molar-refractivity contribution in [2.24, 2.45) is 5.14 Å². The van der Waals surface area contributed by atoms with E-state index < -0.39 is 21.1 Å². The lowest BCUT2D eigenvalue weighted by Crippen LogP contribution is -2.36. The summed E-state index contributed by atoms with van der Waals surface area (Å²) in [6.07, 6.45) is 5.04. The van der Waals surface area contributed by atoms with Crippen molar-refractivity contribution in [2.45, 2.75) is 36.9 Å². The zero-order valence-electron chi connectivity index (χ0n) is 9.21. The molecule has 2 N–H and O–H groups in total. The van der Waals surface area contributed by atoms with E-state index >= 15 is 0 Å². The molecule has 2 rings (SSSR count). The third kappa shape index (κ3) is 2.78. The van der Waals surface area contributed by atoms with E-state index in [0.29, 0.717) is 18.7 Å². The molecular weight excluding hydrogens is 245 g/mol. The van der Waals surface area contributed by atoms with Gasteiger partial charge in [0.15, 0.2) is 5.82 Å². The predicted octanol–water partition coefficient (Wildman–Crippen LogP) is 0.930. The fourth-order valence-corrected chi connectivity index (χ4v) is 3.51. The maximum atomic E-state index is 12.7. The van der Waals surface area contributed by atoms with Crippen LogP contribution in [0.5, 0.6) is 0 Å². The number of rotatable bonds is 2. The van der Waals surface area contributed by atoms with E-state index in [1.54, 1.807) is 0 Å². The average Bonchev–Trinajstić information content (AvgIpc) is 2.29. The van der Waals surface area contributed by atoms with Crippen LogP contribution in [0.3, 0.4) is 0 Å². The molecule has 1 aromatic rings. The quantitative estimate of drug-likeness (QED) is 0.856. The van der Waals surface area contributed by atoms with Gasteiger partial charge in [0.05, 0.1) is 17.6 Å². The van der Waals surface area contributed by atoms with E-state index in [0.717, 1.165) is 25.2 Å². The molecule has 1 aliphatic rings. The van der Waals surface area contributed by atoms with Crippen LogP contribution in [-0.4, -0.2) is 23.6 Å². The lowest BCUT2D eigenvalue weighted by atomic mass is 9.88. The van der Waals surface area contributed by atoms with Crippen molar-refractivity contribution in [2.75, 3.05) is 0 Å². The van der Waals surface area contributed by atoms with Crippen LogP contribution < -0.4 is 5.14 Å². The minimum Gasteiger partial charge on any atom is -0.238 e. The van der Waals surface area contributed by atoms with Gasteiger partial charge in [-0.2, -0.15) is 0 Å². The Morgan fingerprint density at radius 1 is 1.24 bits per heavy atom. The minimum atomic E-state index is -3.61. The second-order valence-electron chi connectivity index (χ2n) is 4.28. The van der Waals surface area contributed by atoms with Crippen LogP contribution in [0.2, 0.25) is 0 Å². The van der Waals surface area contributed by atoms with Gasteiger partial charge in [-0.15, -0.1) is 0 Å². The second-order valence-corrected chi connectivity index (χ2v) is 6.06. The van der Waals surface area contributed by atoms with Crippen LogP contribution in [0.25, 0.3) is 0 Å². The van der Waals surface area contributed by atoms with Crippen molar-refractivity contribution in [3.63, 3.8) is 0 Å². The second kappa shape index (κ2) is 4.66. The van der Waals surface area contributed by atoms with E-state index in [-0.39, 0.29) is 5.92 Å². The number of primary sulfonamides is 1. The van der Waals surface area contributed by atoms with Gasteiger partial charge in [0.2, 0.25) is 10.0 Å². The molecule has 1 aromatic heterocycles. The van der Waals surface area contributed by atoms with Gasteiger partial charge in [-0.25, -0.2) is 27.9 Å². The molecule has 94 valence electrons. The van der Waals surface area contributed by atoms with Crippen molar-refractivity contribution in [3.05, 3.63) is 24.0 Å². The topological polar surface area (TPSA) is 85.9 Å². The molecule has 7 heteroatoms. The highest BCUT2D eigenvalue weighted by Gasteiger charge is 2.35. The standard InChI is InChI=1S/C10H14FN3O2S/c11-7-5-13-10(14-6-7)8-3-1-2-4-9(8)17(12,15)16/h5-6,8-9H,1-4H2,(H2,12,15,16)/t8-,9-/m0/s1. The maximum Gasteiger partial charge on any atom is 0.212 e. The SMILES string of the molecule is NS(=O)(=O)[C@H]1CCCC[C@@H]1c1ncc(F)cn1. The molecule has 0 spiro atoms. The minimum absolute atomic E-state index is 0.320. The van der Waals surface area contributed by atoms with E-state index in [1.807, 2.05) is 0 Å². The Balaban J connectivity index is 2.31. The number of nitrogens with two attached hydrogens (primary N) is 1. The normalized spacial score (nSPS) is 25.8. The molecule has 1 aliphatic carbocycles. The molecule has 0 radical (unpaired) electrons. The summed E-state index contributed by atoms with van der Waals surface area (Å²) in [5.74, 6) is -0.485. The highest BCUT2D eigenvalue weighted by Crippen LogP contribution is 2.34.